The fraction of sp³-hybridized carbons (Fsp3) is 0.400. The first kappa shape index (κ1) is 8.67. The number of fused-ring (bicyclic) bond motifs is 1. The number of hydrogen-bond donors (Lipinski definition) is 3. The lowest BCUT2D eigenvalue weighted by Gasteiger charge is -2.11. The molecule has 0 amide bonds. The number of rotatable bonds is 2. The summed E-state index contributed by atoms with van der Waals surface area (Å²) in [4.78, 5) is 11.5. The molecular weight excluding hydrogens is 190 g/mol. The first-order valence-corrected chi connectivity index (χ1v) is 5.19. The van der Waals surface area contributed by atoms with Crippen LogP contribution in [0.1, 0.15) is 6.42 Å². The third-order valence-corrected chi connectivity index (χ3v) is 2.76. The van der Waals surface area contributed by atoms with Gasteiger partial charge in [-0.05, 0) is 19.0 Å². The number of hydrogen-bond acceptors (Lipinski definition) is 4. The van der Waals surface area contributed by atoms with Crippen LogP contribution in [-0.2, 0) is 0 Å². The van der Waals surface area contributed by atoms with Crippen molar-refractivity contribution in [1.82, 2.24) is 20.3 Å². The molecule has 0 aliphatic carbocycles. The molecule has 2 aromatic heterocycles. The zero-order valence-corrected chi connectivity index (χ0v) is 8.33. The minimum Gasteiger partial charge on any atom is -0.365 e. The van der Waals surface area contributed by atoms with E-state index in [2.05, 4.69) is 25.6 Å². The summed E-state index contributed by atoms with van der Waals surface area (Å²) < 4.78 is 0. The maximum absolute atomic E-state index is 4.27. The number of nitrogens with one attached hydrogen (secondary N) is 3. The van der Waals surface area contributed by atoms with Crippen molar-refractivity contribution in [2.24, 2.45) is 0 Å². The molecule has 3 rings (SSSR count). The molecule has 3 heterocycles. The minimum absolute atomic E-state index is 0.484. The monoisotopic (exact) mass is 203 g/mol. The van der Waals surface area contributed by atoms with E-state index in [1.54, 1.807) is 6.33 Å². The van der Waals surface area contributed by atoms with Crippen molar-refractivity contribution in [2.45, 2.75) is 12.5 Å². The number of nitrogens with zero attached hydrogens (tertiary/aromatic N) is 2. The lowest BCUT2D eigenvalue weighted by atomic mass is 10.2. The van der Waals surface area contributed by atoms with Gasteiger partial charge in [0.2, 0.25) is 0 Å². The minimum atomic E-state index is 0.484. The molecule has 1 saturated heterocycles. The van der Waals surface area contributed by atoms with E-state index in [9.17, 15) is 0 Å². The normalized spacial score (nSPS) is 20.9. The summed E-state index contributed by atoms with van der Waals surface area (Å²) in [5, 5.41) is 7.82. The Bertz CT molecular complexity index is 458. The SMILES string of the molecule is c1nc(N[C@@H]2CCNC2)c2cc[nH]c2n1. The van der Waals surface area contributed by atoms with Crippen LogP contribution in [-0.4, -0.2) is 34.1 Å². The largest absolute Gasteiger partial charge is 0.365 e. The van der Waals surface area contributed by atoms with Crippen LogP contribution >= 0.6 is 0 Å². The van der Waals surface area contributed by atoms with Gasteiger partial charge < -0.3 is 15.6 Å². The van der Waals surface area contributed by atoms with E-state index < -0.39 is 0 Å². The third-order valence-electron chi connectivity index (χ3n) is 2.76. The molecule has 5 nitrogen and oxygen atoms in total. The molecule has 1 aliphatic rings. The molecule has 3 N–H and O–H groups in total. The molecule has 1 aliphatic heterocycles. The Morgan fingerprint density at radius 3 is 3.27 bits per heavy atom. The van der Waals surface area contributed by atoms with Crippen LogP contribution in [0.2, 0.25) is 0 Å². The van der Waals surface area contributed by atoms with E-state index in [4.69, 9.17) is 0 Å². The Kier molecular flexibility index (Phi) is 2.03. The zero-order chi connectivity index (χ0) is 10.1. The number of anilines is 1. The zero-order valence-electron chi connectivity index (χ0n) is 8.33. The van der Waals surface area contributed by atoms with Gasteiger partial charge in [0, 0.05) is 18.8 Å². The highest BCUT2D eigenvalue weighted by atomic mass is 15.1. The summed E-state index contributed by atoms with van der Waals surface area (Å²) in [5.74, 6) is 0.926. The molecule has 0 spiro atoms. The molecule has 2 aromatic rings. The van der Waals surface area contributed by atoms with Gasteiger partial charge in [-0.15, -0.1) is 0 Å². The molecule has 0 radical (unpaired) electrons. The molecular formula is C10H13N5. The van der Waals surface area contributed by atoms with Crippen LogP contribution in [0.5, 0.6) is 0 Å². The Morgan fingerprint density at radius 2 is 2.40 bits per heavy atom. The molecule has 0 unspecified atom stereocenters. The van der Waals surface area contributed by atoms with Crippen molar-refractivity contribution in [3.05, 3.63) is 18.6 Å². The van der Waals surface area contributed by atoms with E-state index in [0.29, 0.717) is 6.04 Å². The van der Waals surface area contributed by atoms with Gasteiger partial charge in [-0.1, -0.05) is 0 Å². The van der Waals surface area contributed by atoms with Gasteiger partial charge in [0.1, 0.15) is 17.8 Å². The van der Waals surface area contributed by atoms with Gasteiger partial charge in [0.05, 0.1) is 5.39 Å². The average Bonchev–Trinajstić information content (AvgIpc) is 2.87. The summed E-state index contributed by atoms with van der Waals surface area (Å²) in [7, 11) is 0. The fourth-order valence-electron chi connectivity index (χ4n) is 1.96. The topological polar surface area (TPSA) is 65.6 Å². The summed E-state index contributed by atoms with van der Waals surface area (Å²) in [6.45, 7) is 2.09. The van der Waals surface area contributed by atoms with Crippen molar-refractivity contribution < 1.29 is 0 Å². The van der Waals surface area contributed by atoms with Crippen molar-refractivity contribution in [3.63, 3.8) is 0 Å². The Morgan fingerprint density at radius 1 is 1.40 bits per heavy atom. The van der Waals surface area contributed by atoms with E-state index in [1.807, 2.05) is 12.3 Å². The highest BCUT2D eigenvalue weighted by molar-refractivity contribution is 5.86. The van der Waals surface area contributed by atoms with E-state index >= 15 is 0 Å². The summed E-state index contributed by atoms with van der Waals surface area (Å²) in [5.41, 5.74) is 0.887. The van der Waals surface area contributed by atoms with Crippen LogP contribution in [0.25, 0.3) is 11.0 Å². The standard InChI is InChI=1S/C10H13N5/c1-3-11-5-7(1)15-10-8-2-4-12-9(8)13-6-14-10/h2,4,6-7,11H,1,3,5H2,(H2,12,13,14,15)/t7-/m1/s1. The van der Waals surface area contributed by atoms with Crippen molar-refractivity contribution >= 4 is 16.9 Å². The number of aromatic amines is 1. The van der Waals surface area contributed by atoms with Gasteiger partial charge in [-0.3, -0.25) is 0 Å². The smallest absolute Gasteiger partial charge is 0.142 e. The van der Waals surface area contributed by atoms with Gasteiger partial charge in [0.25, 0.3) is 0 Å². The lowest BCUT2D eigenvalue weighted by Crippen LogP contribution is -2.22. The third kappa shape index (κ3) is 1.55. The highest BCUT2D eigenvalue weighted by Gasteiger charge is 2.15. The highest BCUT2D eigenvalue weighted by Crippen LogP contribution is 2.19. The van der Waals surface area contributed by atoms with Crippen molar-refractivity contribution in [1.29, 1.82) is 0 Å². The summed E-state index contributed by atoms with van der Waals surface area (Å²) in [6.07, 6.45) is 4.62. The van der Waals surface area contributed by atoms with Crippen molar-refractivity contribution in [2.75, 3.05) is 18.4 Å². The molecule has 0 aromatic carbocycles. The van der Waals surface area contributed by atoms with Gasteiger partial charge in [0.15, 0.2) is 0 Å². The number of H-pyrrole nitrogens is 1. The second-order valence-corrected chi connectivity index (χ2v) is 3.80. The van der Waals surface area contributed by atoms with Gasteiger partial charge in [-0.25, -0.2) is 9.97 Å². The molecule has 1 atom stereocenters. The fourth-order valence-corrected chi connectivity index (χ4v) is 1.96. The lowest BCUT2D eigenvalue weighted by molar-refractivity contribution is 0.789. The van der Waals surface area contributed by atoms with Gasteiger partial charge >= 0.3 is 0 Å². The van der Waals surface area contributed by atoms with Crippen LogP contribution in [0.4, 0.5) is 5.82 Å². The van der Waals surface area contributed by atoms with Crippen LogP contribution in [0.3, 0.4) is 0 Å². The van der Waals surface area contributed by atoms with Crippen molar-refractivity contribution in [3.8, 4) is 0 Å². The molecule has 5 heteroatoms. The summed E-state index contributed by atoms with van der Waals surface area (Å²) in [6, 6.07) is 2.48. The molecule has 0 bridgehead atoms. The second-order valence-electron chi connectivity index (χ2n) is 3.80. The first-order chi connectivity index (χ1) is 7.43. The van der Waals surface area contributed by atoms with Gasteiger partial charge in [-0.2, -0.15) is 0 Å². The quantitative estimate of drug-likeness (QED) is 0.673. The average molecular weight is 203 g/mol. The van der Waals surface area contributed by atoms with Crippen LogP contribution < -0.4 is 10.6 Å². The second kappa shape index (κ2) is 3.51. The predicted molar refractivity (Wildman–Crippen MR) is 58.8 cm³/mol. The molecule has 15 heavy (non-hydrogen) atoms. The first-order valence-electron chi connectivity index (χ1n) is 5.19. The Balaban J connectivity index is 1.92. The maximum Gasteiger partial charge on any atom is 0.142 e. The Hall–Kier alpha value is -1.62. The van der Waals surface area contributed by atoms with E-state index in [-0.39, 0.29) is 0 Å². The van der Waals surface area contributed by atoms with Crippen LogP contribution in [0.15, 0.2) is 18.6 Å². The summed E-state index contributed by atoms with van der Waals surface area (Å²) >= 11 is 0. The molecule has 0 saturated carbocycles. The van der Waals surface area contributed by atoms with E-state index in [1.165, 1.54) is 0 Å². The molecule has 78 valence electrons. The van der Waals surface area contributed by atoms with E-state index in [0.717, 1.165) is 36.4 Å². The number of aromatic nitrogens is 3. The predicted octanol–water partition coefficient (Wildman–Crippen LogP) is 0.732. The molecule has 1 fully saturated rings. The Labute approximate surface area is 87.3 Å². The van der Waals surface area contributed by atoms with Crippen LogP contribution in [0, 0.1) is 0 Å². The maximum atomic E-state index is 4.27.